The first-order valence-electron chi connectivity index (χ1n) is 5.24. The second-order valence-corrected chi connectivity index (χ2v) is 4.18. The Labute approximate surface area is 104 Å². The average Bonchev–Trinajstić information content (AvgIpc) is 2.70. The molecule has 1 N–H and O–H groups in total. The summed E-state index contributed by atoms with van der Waals surface area (Å²) in [5, 5.41) is 7.70. The van der Waals surface area contributed by atoms with E-state index in [1.807, 2.05) is 19.3 Å². The predicted molar refractivity (Wildman–Crippen MR) is 65.5 cm³/mol. The highest BCUT2D eigenvalue weighted by molar-refractivity contribution is 6.31. The van der Waals surface area contributed by atoms with E-state index in [-0.39, 0.29) is 11.9 Å². The van der Waals surface area contributed by atoms with Crippen LogP contribution in [0, 0.1) is 5.82 Å². The molecule has 0 amide bonds. The van der Waals surface area contributed by atoms with Gasteiger partial charge in [0.05, 0.1) is 11.7 Å². The Morgan fingerprint density at radius 3 is 2.71 bits per heavy atom. The summed E-state index contributed by atoms with van der Waals surface area (Å²) in [6.45, 7) is 0. The molecule has 2 rings (SSSR count). The van der Waals surface area contributed by atoms with Gasteiger partial charge >= 0.3 is 0 Å². The molecule has 0 aliphatic carbocycles. The fourth-order valence-corrected chi connectivity index (χ4v) is 2.09. The third-order valence-corrected chi connectivity index (χ3v) is 2.94. The Kier molecular flexibility index (Phi) is 3.45. The number of aromatic nitrogens is 2. The lowest BCUT2D eigenvalue weighted by atomic mass is 10.0. The van der Waals surface area contributed by atoms with Crippen molar-refractivity contribution in [1.29, 1.82) is 0 Å². The van der Waals surface area contributed by atoms with Gasteiger partial charge in [-0.3, -0.25) is 4.68 Å². The van der Waals surface area contributed by atoms with Gasteiger partial charge in [0.2, 0.25) is 0 Å². The van der Waals surface area contributed by atoms with E-state index >= 15 is 0 Å². The number of hydrogen-bond donors (Lipinski definition) is 1. The fraction of sp³-hybridized carbons (Fsp3) is 0.250. The molecule has 90 valence electrons. The number of nitrogens with one attached hydrogen (secondary N) is 1. The Balaban J connectivity index is 2.49. The van der Waals surface area contributed by atoms with Crippen LogP contribution in [-0.4, -0.2) is 16.8 Å². The van der Waals surface area contributed by atoms with Crippen LogP contribution in [0.2, 0.25) is 5.02 Å². The van der Waals surface area contributed by atoms with E-state index in [9.17, 15) is 4.39 Å². The van der Waals surface area contributed by atoms with Crippen molar-refractivity contribution in [3.63, 3.8) is 0 Å². The average molecular weight is 254 g/mol. The summed E-state index contributed by atoms with van der Waals surface area (Å²) in [4.78, 5) is 0. The lowest BCUT2D eigenvalue weighted by Gasteiger charge is -2.16. The molecule has 0 spiro atoms. The van der Waals surface area contributed by atoms with Crippen LogP contribution < -0.4 is 5.32 Å². The van der Waals surface area contributed by atoms with Crippen molar-refractivity contribution in [3.8, 4) is 0 Å². The van der Waals surface area contributed by atoms with Crippen LogP contribution in [0.15, 0.2) is 30.5 Å². The standard InChI is InChI=1S/C12H13ClFN3/c1-15-12(10-6-7-17(2)16-10)11-8(13)4-3-5-9(11)14/h3-7,12,15H,1-2H3. The van der Waals surface area contributed by atoms with E-state index < -0.39 is 0 Å². The molecule has 2 aromatic rings. The maximum Gasteiger partial charge on any atom is 0.129 e. The number of halogens is 2. The number of rotatable bonds is 3. The van der Waals surface area contributed by atoms with Crippen molar-refractivity contribution in [1.82, 2.24) is 15.1 Å². The minimum atomic E-state index is -0.343. The molecule has 17 heavy (non-hydrogen) atoms. The monoisotopic (exact) mass is 253 g/mol. The Hall–Kier alpha value is -1.39. The highest BCUT2D eigenvalue weighted by atomic mass is 35.5. The molecule has 3 nitrogen and oxygen atoms in total. The summed E-state index contributed by atoms with van der Waals surface area (Å²) in [7, 11) is 3.57. The van der Waals surface area contributed by atoms with Crippen LogP contribution in [0.3, 0.4) is 0 Å². The molecule has 1 atom stereocenters. The van der Waals surface area contributed by atoms with Gasteiger partial charge in [0, 0.05) is 23.8 Å². The third-order valence-electron chi connectivity index (χ3n) is 2.61. The molecule has 0 bridgehead atoms. The Bertz CT molecular complexity index is 504. The minimum Gasteiger partial charge on any atom is -0.308 e. The van der Waals surface area contributed by atoms with Crippen molar-refractivity contribution in [2.75, 3.05) is 7.05 Å². The van der Waals surface area contributed by atoms with E-state index in [2.05, 4.69) is 10.4 Å². The fourth-order valence-electron chi connectivity index (χ4n) is 1.81. The van der Waals surface area contributed by atoms with Crippen LogP contribution in [0.4, 0.5) is 4.39 Å². The molecule has 5 heteroatoms. The number of hydrogen-bond acceptors (Lipinski definition) is 2. The Morgan fingerprint density at radius 2 is 2.18 bits per heavy atom. The van der Waals surface area contributed by atoms with E-state index in [0.717, 1.165) is 5.69 Å². The van der Waals surface area contributed by atoms with Crippen molar-refractivity contribution < 1.29 is 4.39 Å². The van der Waals surface area contributed by atoms with Crippen molar-refractivity contribution in [2.45, 2.75) is 6.04 Å². The smallest absolute Gasteiger partial charge is 0.129 e. The summed E-state index contributed by atoms with van der Waals surface area (Å²) >= 11 is 6.05. The molecule has 1 aromatic heterocycles. The van der Waals surface area contributed by atoms with E-state index in [1.165, 1.54) is 6.07 Å². The lowest BCUT2D eigenvalue weighted by Crippen LogP contribution is -2.20. The third kappa shape index (κ3) is 2.33. The molecule has 1 unspecified atom stereocenters. The number of aryl methyl sites for hydroxylation is 1. The Morgan fingerprint density at radius 1 is 1.41 bits per heavy atom. The first-order chi connectivity index (χ1) is 8.13. The normalized spacial score (nSPS) is 12.7. The topological polar surface area (TPSA) is 29.9 Å². The van der Waals surface area contributed by atoms with E-state index in [1.54, 1.807) is 23.9 Å². The first-order valence-corrected chi connectivity index (χ1v) is 5.62. The van der Waals surface area contributed by atoms with Crippen molar-refractivity contribution >= 4 is 11.6 Å². The van der Waals surface area contributed by atoms with Gasteiger partial charge in [-0.05, 0) is 25.2 Å². The van der Waals surface area contributed by atoms with Crippen LogP contribution in [0.25, 0.3) is 0 Å². The molecule has 0 saturated heterocycles. The van der Waals surface area contributed by atoms with Crippen LogP contribution >= 0.6 is 11.6 Å². The van der Waals surface area contributed by atoms with E-state index in [0.29, 0.717) is 10.6 Å². The van der Waals surface area contributed by atoms with Gasteiger partial charge in [0.1, 0.15) is 5.82 Å². The van der Waals surface area contributed by atoms with Gasteiger partial charge in [0.25, 0.3) is 0 Å². The molecule has 0 aliphatic heterocycles. The van der Waals surface area contributed by atoms with Crippen LogP contribution in [-0.2, 0) is 7.05 Å². The van der Waals surface area contributed by atoms with Gasteiger partial charge in [-0.1, -0.05) is 17.7 Å². The van der Waals surface area contributed by atoms with Crippen molar-refractivity contribution in [3.05, 3.63) is 52.6 Å². The second kappa shape index (κ2) is 4.85. The highest BCUT2D eigenvalue weighted by Crippen LogP contribution is 2.29. The lowest BCUT2D eigenvalue weighted by molar-refractivity contribution is 0.565. The quantitative estimate of drug-likeness (QED) is 0.911. The molecule has 0 saturated carbocycles. The van der Waals surface area contributed by atoms with Gasteiger partial charge < -0.3 is 5.32 Å². The van der Waals surface area contributed by atoms with Crippen LogP contribution in [0.1, 0.15) is 17.3 Å². The zero-order chi connectivity index (χ0) is 12.4. The highest BCUT2D eigenvalue weighted by Gasteiger charge is 2.21. The zero-order valence-electron chi connectivity index (χ0n) is 9.61. The predicted octanol–water partition coefficient (Wildman–Crippen LogP) is 2.52. The molecule has 0 aliphatic rings. The second-order valence-electron chi connectivity index (χ2n) is 3.77. The maximum absolute atomic E-state index is 13.8. The maximum atomic E-state index is 13.8. The summed E-state index contributed by atoms with van der Waals surface area (Å²) in [5.74, 6) is -0.331. The largest absolute Gasteiger partial charge is 0.308 e. The van der Waals surface area contributed by atoms with Crippen molar-refractivity contribution in [2.24, 2.45) is 7.05 Å². The van der Waals surface area contributed by atoms with Gasteiger partial charge in [-0.25, -0.2) is 4.39 Å². The summed E-state index contributed by atoms with van der Waals surface area (Å²) in [6, 6.07) is 6.16. The summed E-state index contributed by atoms with van der Waals surface area (Å²) in [6.07, 6.45) is 1.81. The number of benzene rings is 1. The van der Waals surface area contributed by atoms with Gasteiger partial charge in [-0.15, -0.1) is 0 Å². The molecule has 1 aromatic carbocycles. The summed E-state index contributed by atoms with van der Waals surface area (Å²) < 4.78 is 15.5. The molecular weight excluding hydrogens is 241 g/mol. The molecular formula is C12H13ClFN3. The number of nitrogens with zero attached hydrogens (tertiary/aromatic N) is 2. The first kappa shape index (κ1) is 12.1. The zero-order valence-corrected chi connectivity index (χ0v) is 10.4. The van der Waals surface area contributed by atoms with Crippen LogP contribution in [0.5, 0.6) is 0 Å². The molecule has 0 fully saturated rings. The minimum absolute atomic E-state index is 0.331. The SMILES string of the molecule is CNC(c1ccn(C)n1)c1c(F)cccc1Cl. The van der Waals surface area contributed by atoms with Gasteiger partial charge in [0.15, 0.2) is 0 Å². The molecule has 1 heterocycles. The van der Waals surface area contributed by atoms with Gasteiger partial charge in [-0.2, -0.15) is 5.10 Å². The summed E-state index contributed by atoms with van der Waals surface area (Å²) in [5.41, 5.74) is 1.16. The molecule has 0 radical (unpaired) electrons. The van der Waals surface area contributed by atoms with E-state index in [4.69, 9.17) is 11.6 Å².